The molecule has 2 aromatic heterocycles. The zero-order valence-electron chi connectivity index (χ0n) is 16.3. The van der Waals surface area contributed by atoms with Crippen LogP contribution in [-0.4, -0.2) is 36.4 Å². The summed E-state index contributed by atoms with van der Waals surface area (Å²) in [5.74, 6) is -0.464. The lowest BCUT2D eigenvalue weighted by atomic mass is 10.1. The van der Waals surface area contributed by atoms with E-state index in [4.69, 9.17) is 14.2 Å². The zero-order valence-corrected chi connectivity index (χ0v) is 16.3. The molecule has 4 aromatic rings. The van der Waals surface area contributed by atoms with E-state index in [0.29, 0.717) is 12.1 Å². The number of hydrogen-bond acceptors (Lipinski definition) is 5. The minimum absolute atomic E-state index is 0.196. The van der Waals surface area contributed by atoms with Gasteiger partial charge in [0.25, 0.3) is 0 Å². The molecule has 0 aliphatic carbocycles. The van der Waals surface area contributed by atoms with Gasteiger partial charge in [0.1, 0.15) is 12.3 Å². The highest BCUT2D eigenvalue weighted by Gasteiger charge is 2.19. The molecule has 0 atom stereocenters. The molecule has 2 aromatic carbocycles. The van der Waals surface area contributed by atoms with Crippen LogP contribution in [-0.2, 0) is 27.2 Å². The number of pyridine rings is 1. The van der Waals surface area contributed by atoms with E-state index in [1.54, 1.807) is 20.3 Å². The fourth-order valence-corrected chi connectivity index (χ4v) is 3.38. The number of esters is 1. The second kappa shape index (κ2) is 8.43. The topological polar surface area (TPSA) is 73.4 Å². The SMILES string of the molecule is COC(Cc1nc(C(=O)OCc2ccccc2)cc2c1[nH]c1ccccc12)OC. The van der Waals surface area contributed by atoms with Crippen LogP contribution in [0.15, 0.2) is 60.7 Å². The third kappa shape index (κ3) is 3.99. The van der Waals surface area contributed by atoms with Gasteiger partial charge in [-0.25, -0.2) is 9.78 Å². The van der Waals surface area contributed by atoms with Gasteiger partial charge in [0.2, 0.25) is 0 Å². The molecular formula is C23H22N2O4. The summed E-state index contributed by atoms with van der Waals surface area (Å²) in [7, 11) is 3.16. The van der Waals surface area contributed by atoms with Gasteiger partial charge in [-0.1, -0.05) is 48.5 Å². The van der Waals surface area contributed by atoms with Gasteiger partial charge in [-0.3, -0.25) is 0 Å². The fourth-order valence-electron chi connectivity index (χ4n) is 3.38. The van der Waals surface area contributed by atoms with E-state index in [2.05, 4.69) is 9.97 Å². The number of ether oxygens (including phenoxy) is 3. The second-order valence-electron chi connectivity index (χ2n) is 6.71. The third-order valence-corrected chi connectivity index (χ3v) is 4.88. The minimum atomic E-state index is -0.465. The first-order chi connectivity index (χ1) is 14.2. The number of benzene rings is 2. The van der Waals surface area contributed by atoms with Crippen LogP contribution in [0.2, 0.25) is 0 Å². The van der Waals surface area contributed by atoms with Crippen molar-refractivity contribution in [3.05, 3.63) is 77.6 Å². The van der Waals surface area contributed by atoms with Crippen molar-refractivity contribution in [2.24, 2.45) is 0 Å². The second-order valence-corrected chi connectivity index (χ2v) is 6.71. The van der Waals surface area contributed by atoms with Crippen molar-refractivity contribution in [2.45, 2.75) is 19.3 Å². The molecule has 0 spiro atoms. The number of fused-ring (bicyclic) bond motifs is 3. The average Bonchev–Trinajstić information content (AvgIpc) is 3.15. The van der Waals surface area contributed by atoms with E-state index in [-0.39, 0.29) is 12.3 Å². The molecule has 0 unspecified atom stereocenters. The van der Waals surface area contributed by atoms with Crippen LogP contribution in [0.25, 0.3) is 21.8 Å². The Bertz CT molecular complexity index is 1130. The Balaban J connectivity index is 1.73. The van der Waals surface area contributed by atoms with Crippen LogP contribution in [0, 0.1) is 0 Å². The van der Waals surface area contributed by atoms with Crippen LogP contribution < -0.4 is 0 Å². The van der Waals surface area contributed by atoms with E-state index in [0.717, 1.165) is 27.4 Å². The Kier molecular flexibility index (Phi) is 5.55. The maximum Gasteiger partial charge on any atom is 0.357 e. The lowest BCUT2D eigenvalue weighted by Crippen LogP contribution is -2.18. The molecule has 0 bridgehead atoms. The van der Waals surface area contributed by atoms with Crippen molar-refractivity contribution in [3.8, 4) is 0 Å². The predicted molar refractivity (Wildman–Crippen MR) is 111 cm³/mol. The molecule has 6 nitrogen and oxygen atoms in total. The van der Waals surface area contributed by atoms with Crippen molar-refractivity contribution in [2.75, 3.05) is 14.2 Å². The lowest BCUT2D eigenvalue weighted by Gasteiger charge is -2.14. The minimum Gasteiger partial charge on any atom is -0.456 e. The number of para-hydroxylation sites is 1. The number of rotatable bonds is 7. The molecule has 6 heteroatoms. The Labute approximate surface area is 168 Å². The van der Waals surface area contributed by atoms with Crippen LogP contribution in [0.5, 0.6) is 0 Å². The highest BCUT2D eigenvalue weighted by atomic mass is 16.7. The fraction of sp³-hybridized carbons (Fsp3) is 0.217. The molecule has 1 N–H and O–H groups in total. The Hall–Kier alpha value is -3.22. The molecule has 0 fully saturated rings. The molecule has 0 aliphatic heterocycles. The maximum atomic E-state index is 12.7. The number of hydrogen-bond donors (Lipinski definition) is 1. The summed E-state index contributed by atoms with van der Waals surface area (Å²) >= 11 is 0. The lowest BCUT2D eigenvalue weighted by molar-refractivity contribution is -0.101. The first-order valence-electron chi connectivity index (χ1n) is 9.36. The van der Waals surface area contributed by atoms with Gasteiger partial charge in [-0.2, -0.15) is 0 Å². The quantitative estimate of drug-likeness (QED) is 0.378. The largest absolute Gasteiger partial charge is 0.456 e. The highest BCUT2D eigenvalue weighted by molar-refractivity contribution is 6.09. The van der Waals surface area contributed by atoms with Gasteiger partial charge < -0.3 is 19.2 Å². The number of H-pyrrole nitrogens is 1. The molecule has 0 saturated heterocycles. The van der Waals surface area contributed by atoms with E-state index in [9.17, 15) is 4.79 Å². The summed E-state index contributed by atoms with van der Waals surface area (Å²) in [6, 6.07) is 19.3. The number of methoxy groups -OCH3 is 2. The van der Waals surface area contributed by atoms with Gasteiger partial charge in [0, 0.05) is 36.9 Å². The van der Waals surface area contributed by atoms with E-state index >= 15 is 0 Å². The van der Waals surface area contributed by atoms with Gasteiger partial charge >= 0.3 is 5.97 Å². The van der Waals surface area contributed by atoms with Crippen molar-refractivity contribution in [1.82, 2.24) is 9.97 Å². The number of aromatic amines is 1. The number of aromatic nitrogens is 2. The van der Waals surface area contributed by atoms with Gasteiger partial charge in [0.05, 0.1) is 11.2 Å². The summed E-state index contributed by atoms with van der Waals surface area (Å²) in [4.78, 5) is 20.7. The van der Waals surface area contributed by atoms with Crippen molar-refractivity contribution in [3.63, 3.8) is 0 Å². The van der Waals surface area contributed by atoms with Crippen molar-refractivity contribution >= 4 is 27.8 Å². The molecule has 148 valence electrons. The number of nitrogens with one attached hydrogen (secondary N) is 1. The van der Waals surface area contributed by atoms with Crippen LogP contribution in [0.4, 0.5) is 0 Å². The molecule has 0 amide bonds. The van der Waals surface area contributed by atoms with Gasteiger partial charge in [0.15, 0.2) is 6.29 Å². The van der Waals surface area contributed by atoms with E-state index < -0.39 is 12.3 Å². The van der Waals surface area contributed by atoms with Crippen molar-refractivity contribution < 1.29 is 19.0 Å². The van der Waals surface area contributed by atoms with Crippen molar-refractivity contribution in [1.29, 1.82) is 0 Å². The summed E-state index contributed by atoms with van der Waals surface area (Å²) < 4.78 is 16.2. The molecule has 29 heavy (non-hydrogen) atoms. The number of carbonyl (C=O) groups excluding carboxylic acids is 1. The Morgan fingerprint density at radius 3 is 2.48 bits per heavy atom. The van der Waals surface area contributed by atoms with Crippen LogP contribution in [0.3, 0.4) is 0 Å². The summed E-state index contributed by atoms with van der Waals surface area (Å²) in [5, 5.41) is 1.94. The maximum absolute atomic E-state index is 12.7. The smallest absolute Gasteiger partial charge is 0.357 e. The molecule has 0 radical (unpaired) electrons. The summed E-state index contributed by atoms with van der Waals surface area (Å²) in [6.45, 7) is 0.196. The highest BCUT2D eigenvalue weighted by Crippen LogP contribution is 2.28. The van der Waals surface area contributed by atoms with Gasteiger partial charge in [-0.15, -0.1) is 0 Å². The standard InChI is InChI=1S/C23H22N2O4/c1-27-21(28-2)13-19-22-17(16-10-6-7-11-18(16)25-22)12-20(24-19)23(26)29-14-15-8-4-3-5-9-15/h3-12,21,25H,13-14H2,1-2H3. The average molecular weight is 390 g/mol. The number of carbonyl (C=O) groups is 1. The molecular weight excluding hydrogens is 368 g/mol. The number of nitrogens with zero attached hydrogens (tertiary/aromatic N) is 1. The zero-order chi connectivity index (χ0) is 20.2. The van der Waals surface area contributed by atoms with E-state index in [1.165, 1.54) is 0 Å². The van der Waals surface area contributed by atoms with Crippen LogP contribution in [0.1, 0.15) is 21.7 Å². The van der Waals surface area contributed by atoms with Crippen LogP contribution >= 0.6 is 0 Å². The first-order valence-corrected chi connectivity index (χ1v) is 9.36. The summed E-state index contributed by atoms with van der Waals surface area (Å²) in [5.41, 5.74) is 3.72. The predicted octanol–water partition coefficient (Wildman–Crippen LogP) is 4.23. The third-order valence-electron chi connectivity index (χ3n) is 4.88. The molecule has 2 heterocycles. The Morgan fingerprint density at radius 1 is 1.00 bits per heavy atom. The Morgan fingerprint density at radius 2 is 1.72 bits per heavy atom. The summed E-state index contributed by atoms with van der Waals surface area (Å²) in [6.07, 6.45) is -0.0662. The normalized spacial score (nSPS) is 11.4. The van der Waals surface area contributed by atoms with Gasteiger partial charge in [-0.05, 0) is 17.7 Å². The first kappa shape index (κ1) is 19.1. The molecule has 0 saturated carbocycles. The molecule has 4 rings (SSSR count). The monoisotopic (exact) mass is 390 g/mol. The van der Waals surface area contributed by atoms with E-state index in [1.807, 2.05) is 54.6 Å². The molecule has 0 aliphatic rings.